The summed E-state index contributed by atoms with van der Waals surface area (Å²) in [5.41, 5.74) is -0.600. The Morgan fingerprint density at radius 1 is 1.40 bits per heavy atom. The largest absolute Gasteiger partial charge is 0.481 e. The quantitative estimate of drug-likeness (QED) is 0.717. The maximum atomic E-state index is 11.3. The first-order valence-electron chi connectivity index (χ1n) is 5.18. The number of hydrogen-bond donors (Lipinski definition) is 2. The molecule has 0 aromatic heterocycles. The van der Waals surface area contributed by atoms with Crippen LogP contribution in [-0.2, 0) is 14.3 Å². The third-order valence-electron chi connectivity index (χ3n) is 2.67. The molecule has 15 heavy (non-hydrogen) atoms. The molecule has 86 valence electrons. The van der Waals surface area contributed by atoms with Crippen molar-refractivity contribution in [2.24, 2.45) is 0 Å². The van der Waals surface area contributed by atoms with Crippen molar-refractivity contribution in [3.8, 4) is 0 Å². The first-order chi connectivity index (χ1) is 7.08. The summed E-state index contributed by atoms with van der Waals surface area (Å²) in [6.45, 7) is 2.78. The zero-order valence-electron chi connectivity index (χ0n) is 8.91. The van der Waals surface area contributed by atoms with Gasteiger partial charge >= 0.3 is 5.97 Å². The molecule has 5 nitrogen and oxygen atoms in total. The summed E-state index contributed by atoms with van der Waals surface area (Å²) in [5.74, 6) is -0.980. The van der Waals surface area contributed by atoms with Crippen LogP contribution in [0.1, 0.15) is 32.6 Å². The highest BCUT2D eigenvalue weighted by Gasteiger charge is 2.35. The van der Waals surface area contributed by atoms with E-state index in [0.717, 1.165) is 0 Å². The lowest BCUT2D eigenvalue weighted by Gasteiger charge is -2.36. The number of amides is 1. The number of ether oxygens (including phenoxy) is 1. The number of hydrogen-bond acceptors (Lipinski definition) is 3. The molecular formula is C10H17NO4. The second-order valence-corrected chi connectivity index (χ2v) is 3.86. The molecule has 0 aromatic rings. The van der Waals surface area contributed by atoms with E-state index in [1.807, 2.05) is 0 Å². The Morgan fingerprint density at radius 3 is 2.47 bits per heavy atom. The van der Waals surface area contributed by atoms with E-state index in [-0.39, 0.29) is 12.3 Å². The fourth-order valence-electron chi connectivity index (χ4n) is 1.78. The average Bonchev–Trinajstić information content (AvgIpc) is 2.17. The van der Waals surface area contributed by atoms with Crippen LogP contribution in [0.25, 0.3) is 0 Å². The molecule has 1 fully saturated rings. The van der Waals surface area contributed by atoms with Gasteiger partial charge in [0.25, 0.3) is 0 Å². The fraction of sp³-hybridized carbons (Fsp3) is 0.800. The van der Waals surface area contributed by atoms with E-state index in [0.29, 0.717) is 32.5 Å². The molecule has 0 bridgehead atoms. The van der Waals surface area contributed by atoms with Crippen LogP contribution in [0.4, 0.5) is 0 Å². The van der Waals surface area contributed by atoms with Crippen molar-refractivity contribution in [3.05, 3.63) is 0 Å². The molecule has 1 aliphatic heterocycles. The Kier molecular flexibility index (Phi) is 4.08. The van der Waals surface area contributed by atoms with E-state index in [1.54, 1.807) is 6.92 Å². The van der Waals surface area contributed by atoms with Crippen LogP contribution in [-0.4, -0.2) is 35.7 Å². The van der Waals surface area contributed by atoms with Crippen molar-refractivity contribution in [2.75, 3.05) is 13.2 Å². The first-order valence-corrected chi connectivity index (χ1v) is 5.18. The molecule has 0 aromatic carbocycles. The summed E-state index contributed by atoms with van der Waals surface area (Å²) in [5, 5.41) is 11.6. The highest BCUT2D eigenvalue weighted by Crippen LogP contribution is 2.24. The minimum atomic E-state index is -0.881. The zero-order chi connectivity index (χ0) is 11.3. The van der Waals surface area contributed by atoms with Gasteiger partial charge < -0.3 is 15.2 Å². The number of carbonyl (C=O) groups excluding carboxylic acids is 1. The van der Waals surface area contributed by atoms with Crippen LogP contribution in [0, 0.1) is 0 Å². The molecule has 1 aliphatic rings. The lowest BCUT2D eigenvalue weighted by molar-refractivity contribution is -0.140. The Bertz CT molecular complexity index is 246. The molecule has 0 aliphatic carbocycles. The van der Waals surface area contributed by atoms with E-state index in [2.05, 4.69) is 5.32 Å². The van der Waals surface area contributed by atoms with E-state index < -0.39 is 11.5 Å². The molecule has 0 radical (unpaired) electrons. The van der Waals surface area contributed by atoms with Crippen molar-refractivity contribution < 1.29 is 19.4 Å². The summed E-state index contributed by atoms with van der Waals surface area (Å²) >= 11 is 0. The Labute approximate surface area is 88.8 Å². The summed E-state index contributed by atoms with van der Waals surface area (Å²) in [6.07, 6.45) is 1.50. The average molecular weight is 215 g/mol. The van der Waals surface area contributed by atoms with Gasteiger partial charge in [-0.1, -0.05) is 6.92 Å². The molecule has 1 amide bonds. The van der Waals surface area contributed by atoms with Gasteiger partial charge in [0.15, 0.2) is 0 Å². The van der Waals surface area contributed by atoms with Crippen LogP contribution in [0.3, 0.4) is 0 Å². The highest BCUT2D eigenvalue weighted by atomic mass is 16.5. The van der Waals surface area contributed by atoms with Gasteiger partial charge in [0.2, 0.25) is 5.91 Å². The van der Waals surface area contributed by atoms with Crippen LogP contribution >= 0.6 is 0 Å². The van der Waals surface area contributed by atoms with Gasteiger partial charge in [-0.05, 0) is 12.8 Å². The molecule has 1 saturated heterocycles. The van der Waals surface area contributed by atoms with E-state index >= 15 is 0 Å². The smallest absolute Gasteiger partial charge is 0.305 e. The standard InChI is InChI=1S/C10H17NO4/c1-2-8(12)11-10(7-9(13)14)3-5-15-6-4-10/h2-7H2,1H3,(H,11,12)(H,13,14). The van der Waals surface area contributed by atoms with Gasteiger partial charge in [0.05, 0.1) is 12.0 Å². The zero-order valence-corrected chi connectivity index (χ0v) is 8.91. The normalized spacial score (nSPS) is 19.5. The Morgan fingerprint density at radius 2 is 2.00 bits per heavy atom. The lowest BCUT2D eigenvalue weighted by atomic mass is 9.86. The number of carboxylic acids is 1. The number of aliphatic carboxylic acids is 1. The third kappa shape index (κ3) is 3.51. The van der Waals surface area contributed by atoms with Crippen molar-refractivity contribution in [2.45, 2.75) is 38.1 Å². The van der Waals surface area contributed by atoms with E-state index in [1.165, 1.54) is 0 Å². The van der Waals surface area contributed by atoms with Crippen LogP contribution < -0.4 is 5.32 Å². The molecule has 0 saturated carbocycles. The van der Waals surface area contributed by atoms with Crippen molar-refractivity contribution in [1.29, 1.82) is 0 Å². The molecule has 0 unspecified atom stereocenters. The molecule has 2 N–H and O–H groups in total. The second kappa shape index (κ2) is 5.11. The van der Waals surface area contributed by atoms with E-state index in [9.17, 15) is 9.59 Å². The molecule has 0 atom stereocenters. The number of rotatable bonds is 4. The topological polar surface area (TPSA) is 75.6 Å². The molecule has 1 heterocycles. The molecule has 1 rings (SSSR count). The predicted molar refractivity (Wildman–Crippen MR) is 53.5 cm³/mol. The third-order valence-corrected chi connectivity index (χ3v) is 2.67. The summed E-state index contributed by atoms with van der Waals surface area (Å²) < 4.78 is 5.18. The van der Waals surface area contributed by atoms with Gasteiger partial charge in [-0.3, -0.25) is 9.59 Å². The minimum absolute atomic E-state index is 0.0257. The SMILES string of the molecule is CCC(=O)NC1(CC(=O)O)CCOCC1. The Hall–Kier alpha value is -1.10. The number of nitrogens with one attached hydrogen (secondary N) is 1. The maximum absolute atomic E-state index is 11.3. The predicted octanol–water partition coefficient (Wildman–Crippen LogP) is 0.536. The van der Waals surface area contributed by atoms with Crippen molar-refractivity contribution in [1.82, 2.24) is 5.32 Å². The Balaban J connectivity index is 2.65. The van der Waals surface area contributed by atoms with Crippen molar-refractivity contribution in [3.63, 3.8) is 0 Å². The van der Waals surface area contributed by atoms with Gasteiger partial charge in [-0.25, -0.2) is 0 Å². The summed E-state index contributed by atoms with van der Waals surface area (Å²) in [4.78, 5) is 22.1. The van der Waals surface area contributed by atoms with Gasteiger partial charge in [-0.15, -0.1) is 0 Å². The van der Waals surface area contributed by atoms with Crippen molar-refractivity contribution >= 4 is 11.9 Å². The highest BCUT2D eigenvalue weighted by molar-refractivity contribution is 5.78. The monoisotopic (exact) mass is 215 g/mol. The lowest BCUT2D eigenvalue weighted by Crippen LogP contribution is -2.53. The number of carboxylic acid groups (broad SMARTS) is 1. The van der Waals surface area contributed by atoms with Crippen LogP contribution in [0.15, 0.2) is 0 Å². The van der Waals surface area contributed by atoms with E-state index in [4.69, 9.17) is 9.84 Å². The summed E-state index contributed by atoms with van der Waals surface area (Å²) in [6, 6.07) is 0. The molecular weight excluding hydrogens is 198 g/mol. The minimum Gasteiger partial charge on any atom is -0.481 e. The fourth-order valence-corrected chi connectivity index (χ4v) is 1.78. The second-order valence-electron chi connectivity index (χ2n) is 3.86. The molecule has 5 heteroatoms. The first kappa shape index (κ1) is 12.0. The van der Waals surface area contributed by atoms with Gasteiger partial charge in [0.1, 0.15) is 0 Å². The number of carbonyl (C=O) groups is 2. The maximum Gasteiger partial charge on any atom is 0.305 e. The van der Waals surface area contributed by atoms with Gasteiger partial charge in [-0.2, -0.15) is 0 Å². The molecule has 0 spiro atoms. The van der Waals surface area contributed by atoms with Crippen LogP contribution in [0.2, 0.25) is 0 Å². The van der Waals surface area contributed by atoms with Crippen LogP contribution in [0.5, 0.6) is 0 Å². The summed E-state index contributed by atoms with van der Waals surface area (Å²) in [7, 11) is 0. The van der Waals surface area contributed by atoms with Gasteiger partial charge in [0, 0.05) is 19.6 Å².